The molecule has 0 saturated heterocycles. The minimum atomic E-state index is -0.212. The number of rotatable bonds is 4. The maximum Gasteiger partial charge on any atom is 0.306 e. The fourth-order valence-corrected chi connectivity index (χ4v) is 1.17. The lowest BCUT2D eigenvalue weighted by Gasteiger charge is -2.00. The van der Waals surface area contributed by atoms with Crippen molar-refractivity contribution in [1.29, 1.82) is 0 Å². The van der Waals surface area contributed by atoms with E-state index in [1.54, 1.807) is 13.8 Å². The molecule has 0 atom stereocenters. The molecule has 5 heteroatoms. The van der Waals surface area contributed by atoms with Crippen LogP contribution in [0.25, 0.3) is 0 Å². The molecule has 4 nitrogen and oxygen atoms in total. The number of nitrogens with zero attached hydrogens (tertiary/aromatic N) is 1. The second-order valence-corrected chi connectivity index (χ2v) is 3.31. The molecule has 0 aromatic heterocycles. The van der Waals surface area contributed by atoms with Gasteiger partial charge in [-0.2, -0.15) is 0 Å². The molecule has 0 heterocycles. The predicted molar refractivity (Wildman–Crippen MR) is 48.6 cm³/mol. The average molecular weight is 191 g/mol. The predicted octanol–water partition coefficient (Wildman–Crippen LogP) is 1.48. The zero-order chi connectivity index (χ0) is 9.40. The quantitative estimate of drug-likeness (QED) is 0.240. The molecule has 0 aromatic carbocycles. The van der Waals surface area contributed by atoms with E-state index in [-0.39, 0.29) is 5.97 Å². The smallest absolute Gasteiger partial charge is 0.306 e. The number of ether oxygens (including phenoxy) is 1. The third kappa shape index (κ3) is 6.03. The van der Waals surface area contributed by atoms with Crippen LogP contribution in [-0.4, -0.2) is 28.6 Å². The summed E-state index contributed by atoms with van der Waals surface area (Å²) in [6.07, 6.45) is 0.353. The van der Waals surface area contributed by atoms with Gasteiger partial charge >= 0.3 is 5.97 Å². The Bertz CT molecular complexity index is 170. The van der Waals surface area contributed by atoms with Gasteiger partial charge in [0.05, 0.1) is 13.0 Å². The maximum atomic E-state index is 10.8. The molecular formula is C7H13NO3S. The largest absolute Gasteiger partial charge is 0.466 e. The molecule has 0 aromatic rings. The van der Waals surface area contributed by atoms with E-state index in [1.165, 1.54) is 11.8 Å². The van der Waals surface area contributed by atoms with Crippen molar-refractivity contribution in [3.8, 4) is 0 Å². The van der Waals surface area contributed by atoms with Crippen LogP contribution >= 0.6 is 11.8 Å². The van der Waals surface area contributed by atoms with E-state index >= 15 is 0 Å². The topological polar surface area (TPSA) is 58.9 Å². The molecule has 0 unspecified atom stereocenters. The van der Waals surface area contributed by atoms with Gasteiger partial charge in [0.15, 0.2) is 0 Å². The average Bonchev–Trinajstić information content (AvgIpc) is 2.04. The minimum absolute atomic E-state index is 0.212. The van der Waals surface area contributed by atoms with Gasteiger partial charge in [-0.25, -0.2) is 0 Å². The molecule has 12 heavy (non-hydrogen) atoms. The summed E-state index contributed by atoms with van der Waals surface area (Å²) >= 11 is 1.33. The summed E-state index contributed by atoms with van der Waals surface area (Å²) < 4.78 is 4.70. The van der Waals surface area contributed by atoms with Crippen LogP contribution in [0.2, 0.25) is 0 Å². The summed E-state index contributed by atoms with van der Waals surface area (Å²) in [5, 5.41) is 11.8. The van der Waals surface area contributed by atoms with Gasteiger partial charge in [0.2, 0.25) is 0 Å². The maximum absolute atomic E-state index is 10.8. The van der Waals surface area contributed by atoms with Crippen molar-refractivity contribution in [2.45, 2.75) is 20.3 Å². The zero-order valence-electron chi connectivity index (χ0n) is 7.24. The Morgan fingerprint density at radius 1 is 1.67 bits per heavy atom. The number of carbonyl (C=O) groups excluding carboxylic acids is 1. The molecule has 1 N–H and O–H groups in total. The molecule has 0 fully saturated rings. The number of thioether (sulfide) groups is 1. The molecular weight excluding hydrogens is 178 g/mol. The molecule has 0 spiro atoms. The van der Waals surface area contributed by atoms with Gasteiger partial charge in [-0.15, -0.1) is 11.8 Å². The van der Waals surface area contributed by atoms with E-state index in [9.17, 15) is 4.79 Å². The van der Waals surface area contributed by atoms with Gasteiger partial charge in [-0.3, -0.25) is 4.79 Å². The standard InChI is InChI=1S/C7H13NO3S/c1-3-11-7(9)4-5-12-6(2)8-10/h10H,3-5H2,1-2H3. The lowest BCUT2D eigenvalue weighted by molar-refractivity contribution is -0.142. The molecule has 0 rings (SSSR count). The molecule has 0 aliphatic rings. The third-order valence-electron chi connectivity index (χ3n) is 1.06. The van der Waals surface area contributed by atoms with Crippen LogP contribution < -0.4 is 0 Å². The number of hydrogen-bond acceptors (Lipinski definition) is 5. The fraction of sp³-hybridized carbons (Fsp3) is 0.714. The van der Waals surface area contributed by atoms with Crippen molar-refractivity contribution in [2.24, 2.45) is 5.16 Å². The van der Waals surface area contributed by atoms with Crippen LogP contribution in [0.1, 0.15) is 20.3 Å². The van der Waals surface area contributed by atoms with E-state index in [2.05, 4.69) is 5.16 Å². The third-order valence-corrected chi connectivity index (χ3v) is 1.97. The van der Waals surface area contributed by atoms with Gasteiger partial charge in [-0.1, -0.05) is 5.16 Å². The molecule has 0 radical (unpaired) electrons. The second-order valence-electron chi connectivity index (χ2n) is 2.02. The molecule has 70 valence electrons. The first kappa shape index (κ1) is 11.3. The number of oxime groups is 1. The fourth-order valence-electron chi connectivity index (χ4n) is 0.544. The Balaban J connectivity index is 3.37. The number of esters is 1. The van der Waals surface area contributed by atoms with E-state index in [0.29, 0.717) is 23.8 Å². The monoisotopic (exact) mass is 191 g/mol. The van der Waals surface area contributed by atoms with E-state index in [1.807, 2.05) is 0 Å². The summed E-state index contributed by atoms with van der Waals surface area (Å²) in [7, 11) is 0. The van der Waals surface area contributed by atoms with Crippen molar-refractivity contribution in [3.63, 3.8) is 0 Å². The molecule has 0 bridgehead atoms. The van der Waals surface area contributed by atoms with Crippen molar-refractivity contribution < 1.29 is 14.7 Å². The summed E-state index contributed by atoms with van der Waals surface area (Å²) in [6, 6.07) is 0. The van der Waals surface area contributed by atoms with Gasteiger partial charge < -0.3 is 9.94 Å². The molecule has 0 amide bonds. The second kappa shape index (κ2) is 6.97. The summed E-state index contributed by atoms with van der Waals surface area (Å²) in [6.45, 7) is 3.86. The normalized spacial score (nSPS) is 11.3. The first-order chi connectivity index (χ1) is 5.70. The Kier molecular flexibility index (Phi) is 6.55. The van der Waals surface area contributed by atoms with E-state index in [0.717, 1.165) is 0 Å². The molecule has 0 saturated carbocycles. The highest BCUT2D eigenvalue weighted by Gasteiger charge is 2.01. The van der Waals surface area contributed by atoms with Crippen LogP contribution in [-0.2, 0) is 9.53 Å². The van der Waals surface area contributed by atoms with Crippen molar-refractivity contribution in [1.82, 2.24) is 0 Å². The highest BCUT2D eigenvalue weighted by molar-refractivity contribution is 8.13. The Labute approximate surface area is 76.0 Å². The molecule has 0 aliphatic heterocycles. The lowest BCUT2D eigenvalue weighted by atomic mass is 10.5. The van der Waals surface area contributed by atoms with Crippen LogP contribution in [0.15, 0.2) is 5.16 Å². The van der Waals surface area contributed by atoms with Crippen molar-refractivity contribution in [2.75, 3.05) is 12.4 Å². The Morgan fingerprint density at radius 3 is 2.83 bits per heavy atom. The Hall–Kier alpha value is -0.710. The highest BCUT2D eigenvalue weighted by atomic mass is 32.2. The van der Waals surface area contributed by atoms with Gasteiger partial charge in [0, 0.05) is 5.75 Å². The Morgan fingerprint density at radius 2 is 2.33 bits per heavy atom. The number of carbonyl (C=O) groups is 1. The summed E-state index contributed by atoms with van der Waals surface area (Å²) in [5.74, 6) is 0.380. The highest BCUT2D eigenvalue weighted by Crippen LogP contribution is 2.05. The van der Waals surface area contributed by atoms with Crippen molar-refractivity contribution in [3.05, 3.63) is 0 Å². The van der Waals surface area contributed by atoms with Crippen molar-refractivity contribution >= 4 is 22.8 Å². The van der Waals surface area contributed by atoms with Gasteiger partial charge in [-0.05, 0) is 13.8 Å². The summed E-state index contributed by atoms with van der Waals surface area (Å²) in [4.78, 5) is 10.8. The van der Waals surface area contributed by atoms with E-state index in [4.69, 9.17) is 9.94 Å². The summed E-state index contributed by atoms with van der Waals surface area (Å²) in [5.41, 5.74) is 0. The van der Waals surface area contributed by atoms with Crippen LogP contribution in [0.4, 0.5) is 0 Å². The van der Waals surface area contributed by atoms with Gasteiger partial charge in [0.25, 0.3) is 0 Å². The van der Waals surface area contributed by atoms with Crippen LogP contribution in [0.5, 0.6) is 0 Å². The van der Waals surface area contributed by atoms with E-state index < -0.39 is 0 Å². The molecule has 0 aliphatic carbocycles. The zero-order valence-corrected chi connectivity index (χ0v) is 8.06. The number of hydrogen-bond donors (Lipinski definition) is 1. The first-order valence-electron chi connectivity index (χ1n) is 3.67. The first-order valence-corrected chi connectivity index (χ1v) is 4.66. The van der Waals surface area contributed by atoms with Crippen LogP contribution in [0.3, 0.4) is 0 Å². The lowest BCUT2D eigenvalue weighted by Crippen LogP contribution is -2.05. The van der Waals surface area contributed by atoms with Crippen LogP contribution in [0, 0.1) is 0 Å². The van der Waals surface area contributed by atoms with Gasteiger partial charge in [0.1, 0.15) is 5.04 Å². The minimum Gasteiger partial charge on any atom is -0.466 e. The SMILES string of the molecule is CCOC(=O)CCSC(C)=NO.